The summed E-state index contributed by atoms with van der Waals surface area (Å²) >= 11 is 0. The molecular weight excluding hydrogens is 350 g/mol. The summed E-state index contributed by atoms with van der Waals surface area (Å²) in [4.78, 5) is 15.6. The Kier molecular flexibility index (Phi) is 11.0. The average molecular weight is 382 g/mol. The van der Waals surface area contributed by atoms with E-state index in [4.69, 9.17) is 14.8 Å². The van der Waals surface area contributed by atoms with E-state index in [0.29, 0.717) is 0 Å². The number of aryl methyl sites for hydroxylation is 1. The lowest BCUT2D eigenvalue weighted by molar-refractivity contribution is -0.136. The number of carboxylic acids is 1. The van der Waals surface area contributed by atoms with Crippen molar-refractivity contribution in [1.29, 1.82) is 0 Å². The highest BCUT2D eigenvalue weighted by atomic mass is 16.5. The third kappa shape index (κ3) is 7.78. The second kappa shape index (κ2) is 13.3. The number of ether oxygens (including phenoxy) is 1. The van der Waals surface area contributed by atoms with Gasteiger partial charge in [-0.3, -0.25) is 9.78 Å². The predicted octanol–water partition coefficient (Wildman–Crippen LogP) is 5.98. The normalized spacial score (nSPS) is 12.7. The number of rotatable bonds is 12. The first kappa shape index (κ1) is 23.2. The first-order valence-electron chi connectivity index (χ1n) is 9.67. The number of pyridine rings is 1. The van der Waals surface area contributed by atoms with Crippen molar-refractivity contribution in [2.45, 2.75) is 46.0 Å². The Labute approximate surface area is 168 Å². The molecule has 0 bridgehead atoms. The molecule has 1 heterocycles. The van der Waals surface area contributed by atoms with Crippen LogP contribution in [-0.4, -0.2) is 23.2 Å². The van der Waals surface area contributed by atoms with Crippen molar-refractivity contribution in [2.24, 2.45) is 0 Å². The van der Waals surface area contributed by atoms with Gasteiger partial charge in [0.2, 0.25) is 0 Å². The lowest BCUT2D eigenvalue weighted by Gasteiger charge is -2.13. The molecule has 0 atom stereocenters. The highest BCUT2D eigenvalue weighted by molar-refractivity contribution is 5.86. The monoisotopic (exact) mass is 381 g/mol. The number of methoxy groups -OCH3 is 1. The third-order valence-corrected chi connectivity index (χ3v) is 4.07. The summed E-state index contributed by atoms with van der Waals surface area (Å²) < 4.78 is 4.97. The maximum Gasteiger partial charge on any atom is 0.307 e. The maximum atomic E-state index is 10.9. The van der Waals surface area contributed by atoms with Gasteiger partial charge < -0.3 is 9.84 Å². The number of aliphatic carboxylic acids is 1. The fourth-order valence-electron chi connectivity index (χ4n) is 2.72. The van der Waals surface area contributed by atoms with Crippen LogP contribution in [0.25, 0.3) is 11.1 Å². The van der Waals surface area contributed by atoms with Crippen molar-refractivity contribution < 1.29 is 14.6 Å². The predicted molar refractivity (Wildman–Crippen MR) is 117 cm³/mol. The standard InChI is InChI=1S/C24H31NO3/c1-5-8-12-19-17-22(21(11-6-2)13-9-15-23(26)27)24(25-18-19)20(7-3)14-10-16-28-4/h7,9-11,13-14,16-18H,3,5-6,8,12,15H2,1-2,4H3,(H,26,27)/b13-9-,16-10+,20-14+,21-11+. The Balaban J connectivity index is 3.49. The van der Waals surface area contributed by atoms with Gasteiger partial charge in [-0.25, -0.2) is 0 Å². The molecule has 4 nitrogen and oxygen atoms in total. The minimum atomic E-state index is -0.849. The van der Waals surface area contributed by atoms with Gasteiger partial charge in [0.25, 0.3) is 0 Å². The number of carboxylic acid groups (broad SMARTS) is 1. The highest BCUT2D eigenvalue weighted by Crippen LogP contribution is 2.28. The summed E-state index contributed by atoms with van der Waals surface area (Å²) in [5.41, 5.74) is 4.81. The SMILES string of the molecule is C=C/C(=C\C=C\OC)c1ncc(CCCC)cc1C(/C=C\CC(=O)O)=C/CC. The second-order valence-corrected chi connectivity index (χ2v) is 6.30. The number of allylic oxidation sites excluding steroid dienone is 7. The Morgan fingerprint density at radius 2 is 2.11 bits per heavy atom. The average Bonchev–Trinajstić information content (AvgIpc) is 2.69. The Hall–Kier alpha value is -2.88. The molecule has 0 spiro atoms. The topological polar surface area (TPSA) is 59.4 Å². The van der Waals surface area contributed by atoms with Gasteiger partial charge in [0.1, 0.15) is 0 Å². The zero-order valence-electron chi connectivity index (χ0n) is 17.1. The molecule has 0 fully saturated rings. The maximum absolute atomic E-state index is 10.9. The fraction of sp³-hybridized carbons (Fsp3) is 0.333. The minimum Gasteiger partial charge on any atom is -0.504 e. The van der Waals surface area contributed by atoms with Crippen molar-refractivity contribution in [3.8, 4) is 0 Å². The molecule has 0 aromatic carbocycles. The number of unbranched alkanes of at least 4 members (excludes halogenated alkanes) is 1. The minimum absolute atomic E-state index is 0.0138. The molecule has 150 valence electrons. The van der Waals surface area contributed by atoms with E-state index in [2.05, 4.69) is 32.6 Å². The first-order valence-corrected chi connectivity index (χ1v) is 9.67. The Bertz CT molecular complexity index is 770. The molecule has 1 aromatic rings. The van der Waals surface area contributed by atoms with Crippen molar-refractivity contribution in [3.05, 3.63) is 78.4 Å². The number of hydrogen-bond donors (Lipinski definition) is 1. The van der Waals surface area contributed by atoms with E-state index >= 15 is 0 Å². The van der Waals surface area contributed by atoms with Gasteiger partial charge in [0, 0.05) is 17.3 Å². The van der Waals surface area contributed by atoms with E-state index in [1.165, 1.54) is 5.56 Å². The third-order valence-electron chi connectivity index (χ3n) is 4.07. The van der Waals surface area contributed by atoms with Crippen LogP contribution in [0, 0.1) is 0 Å². The van der Waals surface area contributed by atoms with E-state index in [9.17, 15) is 4.79 Å². The van der Waals surface area contributed by atoms with Crippen LogP contribution in [0.15, 0.2) is 61.6 Å². The summed E-state index contributed by atoms with van der Waals surface area (Å²) in [5.74, 6) is -0.849. The summed E-state index contributed by atoms with van der Waals surface area (Å²) in [7, 11) is 1.60. The van der Waals surface area contributed by atoms with E-state index in [0.717, 1.165) is 48.1 Å². The molecule has 0 aliphatic heterocycles. The quantitative estimate of drug-likeness (QED) is 0.357. The molecule has 0 aliphatic rings. The zero-order chi connectivity index (χ0) is 20.8. The largest absolute Gasteiger partial charge is 0.504 e. The highest BCUT2D eigenvalue weighted by Gasteiger charge is 2.11. The molecule has 0 aliphatic carbocycles. The molecule has 0 saturated carbocycles. The van der Waals surface area contributed by atoms with E-state index < -0.39 is 5.97 Å². The molecule has 28 heavy (non-hydrogen) atoms. The Morgan fingerprint density at radius 1 is 1.32 bits per heavy atom. The molecule has 4 heteroatoms. The van der Waals surface area contributed by atoms with Gasteiger partial charge in [-0.2, -0.15) is 0 Å². The van der Waals surface area contributed by atoms with Crippen LogP contribution < -0.4 is 0 Å². The molecule has 0 saturated heterocycles. The second-order valence-electron chi connectivity index (χ2n) is 6.30. The number of carbonyl (C=O) groups is 1. The van der Waals surface area contributed by atoms with Crippen LogP contribution in [0.3, 0.4) is 0 Å². The van der Waals surface area contributed by atoms with E-state index in [1.54, 1.807) is 31.6 Å². The molecule has 1 N–H and O–H groups in total. The summed E-state index contributed by atoms with van der Waals surface area (Å²) in [6.07, 6.45) is 18.6. The van der Waals surface area contributed by atoms with Crippen molar-refractivity contribution >= 4 is 17.1 Å². The van der Waals surface area contributed by atoms with E-state index in [-0.39, 0.29) is 6.42 Å². The summed E-state index contributed by atoms with van der Waals surface area (Å²) in [6.45, 7) is 8.15. The zero-order valence-corrected chi connectivity index (χ0v) is 17.1. The smallest absolute Gasteiger partial charge is 0.307 e. The van der Waals surface area contributed by atoms with Crippen molar-refractivity contribution in [1.82, 2.24) is 4.98 Å². The first-order chi connectivity index (χ1) is 13.6. The van der Waals surface area contributed by atoms with Crippen LogP contribution in [0.4, 0.5) is 0 Å². The lowest BCUT2D eigenvalue weighted by Crippen LogP contribution is -1.99. The number of aromatic nitrogens is 1. The molecule has 1 rings (SSSR count). The number of nitrogens with zero attached hydrogens (tertiary/aromatic N) is 1. The van der Waals surface area contributed by atoms with Gasteiger partial charge in [0.05, 0.1) is 25.5 Å². The van der Waals surface area contributed by atoms with Gasteiger partial charge in [-0.1, -0.05) is 51.2 Å². The van der Waals surface area contributed by atoms with Crippen LogP contribution in [0.1, 0.15) is 56.4 Å². The molecule has 0 unspecified atom stereocenters. The van der Waals surface area contributed by atoms with Gasteiger partial charge in [0.15, 0.2) is 0 Å². The van der Waals surface area contributed by atoms with Crippen molar-refractivity contribution in [3.63, 3.8) is 0 Å². The lowest BCUT2D eigenvalue weighted by atomic mass is 9.95. The molecule has 0 radical (unpaired) electrons. The van der Waals surface area contributed by atoms with Crippen LogP contribution in [0.5, 0.6) is 0 Å². The van der Waals surface area contributed by atoms with Gasteiger partial charge in [-0.05, 0) is 48.6 Å². The van der Waals surface area contributed by atoms with Gasteiger partial charge in [-0.15, -0.1) is 0 Å². The Morgan fingerprint density at radius 3 is 2.71 bits per heavy atom. The molecule has 1 aromatic heterocycles. The van der Waals surface area contributed by atoms with Crippen LogP contribution in [-0.2, 0) is 16.0 Å². The summed E-state index contributed by atoms with van der Waals surface area (Å²) in [5, 5.41) is 8.94. The number of hydrogen-bond acceptors (Lipinski definition) is 3. The summed E-state index contributed by atoms with van der Waals surface area (Å²) in [6, 6.07) is 2.15. The molecule has 0 amide bonds. The van der Waals surface area contributed by atoms with Gasteiger partial charge >= 0.3 is 5.97 Å². The van der Waals surface area contributed by atoms with Crippen LogP contribution in [0.2, 0.25) is 0 Å². The van der Waals surface area contributed by atoms with E-state index in [1.807, 2.05) is 18.3 Å². The van der Waals surface area contributed by atoms with Crippen molar-refractivity contribution in [2.75, 3.05) is 7.11 Å². The molecular formula is C24H31NO3. The van der Waals surface area contributed by atoms with Crippen LogP contribution >= 0.6 is 0 Å². The fourth-order valence-corrected chi connectivity index (χ4v) is 2.72.